The van der Waals surface area contributed by atoms with Gasteiger partial charge in [-0.25, -0.2) is 12.7 Å². The molecule has 1 unspecified atom stereocenters. The minimum atomic E-state index is -3.74. The molecule has 6 heteroatoms. The van der Waals surface area contributed by atoms with Crippen molar-refractivity contribution in [2.75, 3.05) is 6.54 Å². The minimum absolute atomic E-state index is 0.131. The highest BCUT2D eigenvalue weighted by Gasteiger charge is 2.38. The van der Waals surface area contributed by atoms with Gasteiger partial charge in [-0.1, -0.05) is 19.4 Å². The Kier molecular flexibility index (Phi) is 4.01. The molecule has 0 N–H and O–H groups in total. The largest absolute Gasteiger partial charge is 0.274 e. The number of carbonyl (C=O) groups excluding carboxylic acids is 1. The first-order valence-corrected chi connectivity index (χ1v) is 8.41. The molecule has 1 aliphatic rings. The van der Waals surface area contributed by atoms with Crippen LogP contribution in [-0.2, 0) is 14.8 Å². The zero-order chi connectivity index (χ0) is 14.2. The fourth-order valence-corrected chi connectivity index (χ4v) is 4.83. The Labute approximate surface area is 122 Å². The van der Waals surface area contributed by atoms with E-state index in [1.807, 2.05) is 13.8 Å². The molecule has 1 aliphatic heterocycles. The van der Waals surface area contributed by atoms with Gasteiger partial charge in [0, 0.05) is 17.4 Å². The van der Waals surface area contributed by atoms with E-state index in [0.717, 1.165) is 16.3 Å². The van der Waals surface area contributed by atoms with E-state index in [-0.39, 0.29) is 23.3 Å². The molecule has 4 nitrogen and oxygen atoms in total. The number of hydrogen-bond acceptors (Lipinski definition) is 3. The summed E-state index contributed by atoms with van der Waals surface area (Å²) in [5.74, 6) is -0.175. The van der Waals surface area contributed by atoms with Gasteiger partial charge in [0.1, 0.15) is 4.90 Å². The summed E-state index contributed by atoms with van der Waals surface area (Å²) in [5, 5.41) is 0. The van der Waals surface area contributed by atoms with Gasteiger partial charge < -0.3 is 0 Å². The maximum atomic E-state index is 12.5. The second kappa shape index (κ2) is 5.25. The highest BCUT2D eigenvalue weighted by Crippen LogP contribution is 2.31. The van der Waals surface area contributed by atoms with E-state index >= 15 is 0 Å². The van der Waals surface area contributed by atoms with Crippen LogP contribution in [0.15, 0.2) is 27.6 Å². The monoisotopic (exact) mass is 345 g/mol. The molecular weight excluding hydrogens is 330 g/mol. The van der Waals surface area contributed by atoms with Gasteiger partial charge in [0.25, 0.3) is 10.0 Å². The van der Waals surface area contributed by atoms with Crippen molar-refractivity contribution >= 4 is 31.9 Å². The van der Waals surface area contributed by atoms with Crippen LogP contribution in [0.2, 0.25) is 0 Å². The van der Waals surface area contributed by atoms with Gasteiger partial charge in [0.15, 0.2) is 0 Å². The second-order valence-electron chi connectivity index (χ2n) is 4.84. The molecule has 0 spiro atoms. The van der Waals surface area contributed by atoms with Crippen LogP contribution in [0.1, 0.15) is 25.3 Å². The molecule has 2 rings (SSSR count). The number of amides is 1. The lowest BCUT2D eigenvalue weighted by molar-refractivity contribution is -0.123. The van der Waals surface area contributed by atoms with Crippen molar-refractivity contribution in [1.82, 2.24) is 4.31 Å². The Balaban J connectivity index is 2.40. The highest BCUT2D eigenvalue weighted by atomic mass is 79.9. The summed E-state index contributed by atoms with van der Waals surface area (Å²) in [6, 6.07) is 5.02. The summed E-state index contributed by atoms with van der Waals surface area (Å²) >= 11 is 3.26. The minimum Gasteiger partial charge on any atom is -0.274 e. The molecule has 19 heavy (non-hydrogen) atoms. The van der Waals surface area contributed by atoms with E-state index in [1.54, 1.807) is 18.2 Å². The molecule has 0 saturated carbocycles. The summed E-state index contributed by atoms with van der Waals surface area (Å²) < 4.78 is 26.5. The molecule has 1 amide bonds. The van der Waals surface area contributed by atoms with E-state index in [4.69, 9.17) is 0 Å². The summed E-state index contributed by atoms with van der Waals surface area (Å²) in [6.45, 7) is 4.14. The molecule has 0 radical (unpaired) electrons. The Morgan fingerprint density at radius 1 is 1.42 bits per heavy atom. The Bertz CT molecular complexity index is 612. The van der Waals surface area contributed by atoms with E-state index in [2.05, 4.69) is 15.9 Å². The first-order valence-electron chi connectivity index (χ1n) is 6.18. The fourth-order valence-electron chi connectivity index (χ4n) is 2.19. The van der Waals surface area contributed by atoms with Crippen LogP contribution in [0.25, 0.3) is 0 Å². The summed E-state index contributed by atoms with van der Waals surface area (Å²) in [7, 11) is -3.74. The Morgan fingerprint density at radius 2 is 2.11 bits per heavy atom. The van der Waals surface area contributed by atoms with Crippen molar-refractivity contribution in [3.63, 3.8) is 0 Å². The van der Waals surface area contributed by atoms with E-state index in [9.17, 15) is 13.2 Å². The first kappa shape index (κ1) is 14.5. The molecule has 0 aromatic heterocycles. The average molecular weight is 346 g/mol. The van der Waals surface area contributed by atoms with Crippen LogP contribution in [0.3, 0.4) is 0 Å². The fraction of sp³-hybridized carbons (Fsp3) is 0.462. The van der Waals surface area contributed by atoms with Crippen LogP contribution >= 0.6 is 15.9 Å². The quantitative estimate of drug-likeness (QED) is 0.846. The molecule has 1 aromatic rings. The van der Waals surface area contributed by atoms with Crippen molar-refractivity contribution in [3.8, 4) is 0 Å². The lowest BCUT2D eigenvalue weighted by Gasteiger charge is -2.18. The van der Waals surface area contributed by atoms with Crippen LogP contribution in [0.5, 0.6) is 0 Å². The maximum absolute atomic E-state index is 12.5. The van der Waals surface area contributed by atoms with Gasteiger partial charge in [0.2, 0.25) is 5.91 Å². The number of rotatable bonds is 3. The first-order chi connectivity index (χ1) is 8.86. The van der Waals surface area contributed by atoms with Crippen LogP contribution in [0.4, 0.5) is 0 Å². The average Bonchev–Trinajstić information content (AvgIpc) is 2.70. The van der Waals surface area contributed by atoms with Crippen molar-refractivity contribution in [2.45, 2.75) is 31.6 Å². The molecular formula is C13H16BrNO3S. The highest BCUT2D eigenvalue weighted by molar-refractivity contribution is 9.10. The van der Waals surface area contributed by atoms with E-state index in [0.29, 0.717) is 10.9 Å². The van der Waals surface area contributed by atoms with Gasteiger partial charge in [-0.3, -0.25) is 4.79 Å². The summed E-state index contributed by atoms with van der Waals surface area (Å²) in [4.78, 5) is 12.0. The number of benzene rings is 1. The standard InChI is InChI=1S/C13H16BrNO3S/c1-3-10-7-13(16)15(8-10)19(17,18)12-5-4-9(2)6-11(12)14/h4-6,10H,3,7-8H2,1-2H3. The molecule has 104 valence electrons. The molecule has 1 saturated heterocycles. The lowest BCUT2D eigenvalue weighted by atomic mass is 10.1. The van der Waals surface area contributed by atoms with Crippen LogP contribution in [-0.4, -0.2) is 25.2 Å². The van der Waals surface area contributed by atoms with E-state index in [1.165, 1.54) is 0 Å². The van der Waals surface area contributed by atoms with Crippen molar-refractivity contribution in [3.05, 3.63) is 28.2 Å². The normalized spacial score (nSPS) is 20.1. The lowest BCUT2D eigenvalue weighted by Crippen LogP contribution is -2.32. The Morgan fingerprint density at radius 3 is 2.63 bits per heavy atom. The van der Waals surface area contributed by atoms with Crippen molar-refractivity contribution < 1.29 is 13.2 Å². The number of sulfonamides is 1. The Hall–Kier alpha value is -0.880. The zero-order valence-electron chi connectivity index (χ0n) is 10.9. The topological polar surface area (TPSA) is 54.5 Å². The number of halogens is 1. The number of hydrogen-bond donors (Lipinski definition) is 0. The third-order valence-corrected chi connectivity index (χ3v) is 6.16. The molecule has 0 aliphatic carbocycles. The third kappa shape index (κ3) is 2.69. The summed E-state index contributed by atoms with van der Waals surface area (Å²) in [6.07, 6.45) is 1.13. The third-order valence-electron chi connectivity index (χ3n) is 3.40. The number of nitrogens with zero attached hydrogens (tertiary/aromatic N) is 1. The predicted molar refractivity (Wildman–Crippen MR) is 76.2 cm³/mol. The number of aryl methyl sites for hydroxylation is 1. The second-order valence-corrected chi connectivity index (χ2v) is 7.53. The molecule has 1 fully saturated rings. The maximum Gasteiger partial charge on any atom is 0.267 e. The zero-order valence-corrected chi connectivity index (χ0v) is 13.3. The van der Waals surface area contributed by atoms with Crippen molar-refractivity contribution in [1.29, 1.82) is 0 Å². The van der Waals surface area contributed by atoms with Crippen molar-refractivity contribution in [2.24, 2.45) is 5.92 Å². The molecule has 1 atom stereocenters. The van der Waals surface area contributed by atoms with Gasteiger partial charge in [0.05, 0.1) is 0 Å². The van der Waals surface area contributed by atoms with Crippen LogP contribution < -0.4 is 0 Å². The van der Waals surface area contributed by atoms with Gasteiger partial charge in [-0.2, -0.15) is 0 Å². The smallest absolute Gasteiger partial charge is 0.267 e. The molecule has 1 heterocycles. The molecule has 1 aromatic carbocycles. The SMILES string of the molecule is CCC1CC(=O)N(S(=O)(=O)c2ccc(C)cc2Br)C1. The van der Waals surface area contributed by atoms with Gasteiger partial charge in [-0.15, -0.1) is 0 Å². The predicted octanol–water partition coefficient (Wildman–Crippen LogP) is 2.70. The van der Waals surface area contributed by atoms with Crippen LogP contribution in [0, 0.1) is 12.8 Å². The molecule has 0 bridgehead atoms. The number of carbonyl (C=O) groups is 1. The van der Waals surface area contributed by atoms with Gasteiger partial charge >= 0.3 is 0 Å². The van der Waals surface area contributed by atoms with Gasteiger partial charge in [-0.05, 0) is 46.5 Å². The summed E-state index contributed by atoms with van der Waals surface area (Å²) in [5.41, 5.74) is 0.963. The van der Waals surface area contributed by atoms with E-state index < -0.39 is 10.0 Å².